The van der Waals surface area contributed by atoms with Gasteiger partial charge in [0.25, 0.3) is 5.91 Å². The van der Waals surface area contributed by atoms with Crippen molar-refractivity contribution in [1.29, 1.82) is 0 Å². The lowest BCUT2D eigenvalue weighted by Gasteiger charge is -2.38. The maximum atomic E-state index is 13.9. The second kappa shape index (κ2) is 13.2. The molecule has 0 bridgehead atoms. The third-order valence-corrected chi connectivity index (χ3v) is 9.73. The fraction of sp³-hybridized carbons (Fsp3) is 0.400. The normalized spacial score (nSPS) is 18.5. The number of nitrogens with zero attached hydrogens (tertiary/aromatic N) is 5. The monoisotopic (exact) mass is 621 g/mol. The van der Waals surface area contributed by atoms with Crippen molar-refractivity contribution in [3.8, 4) is 0 Å². The van der Waals surface area contributed by atoms with Crippen LogP contribution in [0.2, 0.25) is 0 Å². The van der Waals surface area contributed by atoms with Gasteiger partial charge in [-0.05, 0) is 85.0 Å². The SMILES string of the molecule is O=C(O[C@H](Cc1ccc2[nH]ncc2c1)C(=O)N1CCC(c2ccncc2)CC1)N1CCC(N2CCc3ccccc3NC2=O)CC1. The number of carbonyl (C=O) groups excluding carboxylic acids is 3. The molecule has 238 valence electrons. The van der Waals surface area contributed by atoms with Gasteiger partial charge in [-0.1, -0.05) is 24.3 Å². The van der Waals surface area contributed by atoms with E-state index in [4.69, 9.17) is 4.74 Å². The van der Waals surface area contributed by atoms with Crippen molar-refractivity contribution in [3.63, 3.8) is 0 Å². The van der Waals surface area contributed by atoms with E-state index in [0.29, 0.717) is 51.5 Å². The van der Waals surface area contributed by atoms with Crippen molar-refractivity contribution in [2.24, 2.45) is 0 Å². The Morgan fingerprint density at radius 1 is 0.913 bits per heavy atom. The van der Waals surface area contributed by atoms with Crippen LogP contribution in [0.3, 0.4) is 0 Å². The fourth-order valence-electron chi connectivity index (χ4n) is 7.08. The van der Waals surface area contributed by atoms with E-state index < -0.39 is 12.2 Å². The summed E-state index contributed by atoms with van der Waals surface area (Å²) in [5, 5.41) is 11.1. The maximum Gasteiger partial charge on any atom is 0.410 e. The van der Waals surface area contributed by atoms with Crippen LogP contribution in [0.5, 0.6) is 0 Å². The number of H-pyrrole nitrogens is 1. The number of amides is 4. The summed E-state index contributed by atoms with van der Waals surface area (Å²) in [6.45, 7) is 2.76. The minimum atomic E-state index is -0.943. The van der Waals surface area contributed by atoms with E-state index in [1.54, 1.807) is 11.1 Å². The number of aromatic nitrogens is 3. The molecule has 0 saturated carbocycles. The Balaban J connectivity index is 0.999. The Kier molecular flexibility index (Phi) is 8.54. The van der Waals surface area contributed by atoms with Crippen LogP contribution < -0.4 is 5.32 Å². The van der Waals surface area contributed by atoms with Crippen LogP contribution in [-0.2, 0) is 22.4 Å². The number of nitrogens with one attached hydrogen (secondary N) is 2. The van der Waals surface area contributed by atoms with Crippen LogP contribution in [0, 0.1) is 0 Å². The molecule has 2 fully saturated rings. The summed E-state index contributed by atoms with van der Waals surface area (Å²) in [5.74, 6) is 0.211. The Morgan fingerprint density at radius 3 is 2.48 bits per heavy atom. The van der Waals surface area contributed by atoms with Crippen LogP contribution in [0.4, 0.5) is 15.3 Å². The van der Waals surface area contributed by atoms with Crippen molar-refractivity contribution in [3.05, 3.63) is 89.9 Å². The molecule has 5 heterocycles. The lowest BCUT2D eigenvalue weighted by atomic mass is 9.90. The van der Waals surface area contributed by atoms with Crippen LogP contribution in [0.1, 0.15) is 48.3 Å². The standard InChI is InChI=1S/C35H39N7O4/c43-33(40-16-9-26(10-17-40)25-7-14-36-15-8-25)32(22-24-5-6-31-28(21-24)23-37-39-31)46-35(45)41-18-12-29(13-19-41)42-20-11-27-3-1-2-4-30(27)38-34(42)44/h1-8,14-15,21,23,26,29,32H,9-13,16-20,22H2,(H,37,39)(H,38,44)/t32-/m1/s1. The van der Waals surface area contributed by atoms with E-state index >= 15 is 0 Å². The molecule has 2 aromatic heterocycles. The molecule has 11 nitrogen and oxygen atoms in total. The van der Waals surface area contributed by atoms with Crippen LogP contribution in [-0.4, -0.2) is 92.8 Å². The second-order valence-electron chi connectivity index (χ2n) is 12.5. The quantitative estimate of drug-likeness (QED) is 0.314. The molecular formula is C35H39N7O4. The highest BCUT2D eigenvalue weighted by Crippen LogP contribution is 2.29. The number of carbonyl (C=O) groups is 3. The van der Waals surface area contributed by atoms with Crippen LogP contribution >= 0.6 is 0 Å². The molecule has 0 spiro atoms. The van der Waals surface area contributed by atoms with Crippen molar-refractivity contribution >= 4 is 34.6 Å². The molecule has 46 heavy (non-hydrogen) atoms. The predicted octanol–water partition coefficient (Wildman–Crippen LogP) is 4.97. The largest absolute Gasteiger partial charge is 0.436 e. The highest BCUT2D eigenvalue weighted by Gasteiger charge is 2.35. The van der Waals surface area contributed by atoms with Gasteiger partial charge in [0.1, 0.15) is 0 Å². The molecule has 1 atom stereocenters. The fourth-order valence-corrected chi connectivity index (χ4v) is 7.08. The number of likely N-dealkylation sites (tertiary alicyclic amines) is 2. The average molecular weight is 622 g/mol. The van der Waals surface area contributed by atoms with Crippen molar-refractivity contribution < 1.29 is 19.1 Å². The Bertz CT molecular complexity index is 1690. The molecule has 0 radical (unpaired) electrons. The lowest BCUT2D eigenvalue weighted by Crippen LogP contribution is -2.51. The molecule has 3 aliphatic heterocycles. The molecule has 2 saturated heterocycles. The molecule has 4 amide bonds. The average Bonchev–Trinajstić information content (AvgIpc) is 3.50. The second-order valence-corrected chi connectivity index (χ2v) is 12.5. The number of piperidine rings is 2. The first-order valence-corrected chi connectivity index (χ1v) is 16.2. The van der Waals surface area contributed by atoms with Crippen molar-refractivity contribution in [2.75, 3.05) is 38.0 Å². The number of aromatic amines is 1. The number of ether oxygens (including phenoxy) is 1. The number of pyridine rings is 1. The Labute approximate surface area is 267 Å². The first-order valence-electron chi connectivity index (χ1n) is 16.2. The van der Waals surface area contributed by atoms with Gasteiger partial charge in [-0.3, -0.25) is 14.9 Å². The number of fused-ring (bicyclic) bond motifs is 2. The zero-order valence-corrected chi connectivity index (χ0v) is 25.8. The number of urea groups is 1. The minimum Gasteiger partial charge on any atom is -0.436 e. The Hall–Kier alpha value is -4.93. The molecular weight excluding hydrogens is 582 g/mol. The third-order valence-electron chi connectivity index (χ3n) is 9.73. The molecule has 11 heteroatoms. The molecule has 0 unspecified atom stereocenters. The van der Waals surface area contributed by atoms with Gasteiger partial charge >= 0.3 is 12.1 Å². The zero-order valence-electron chi connectivity index (χ0n) is 25.8. The summed E-state index contributed by atoms with van der Waals surface area (Å²) < 4.78 is 6.05. The van der Waals surface area contributed by atoms with Gasteiger partial charge in [0, 0.05) is 68.7 Å². The Morgan fingerprint density at radius 2 is 1.67 bits per heavy atom. The third kappa shape index (κ3) is 6.40. The van der Waals surface area contributed by atoms with Gasteiger partial charge in [-0.2, -0.15) is 5.10 Å². The van der Waals surface area contributed by atoms with Gasteiger partial charge in [-0.15, -0.1) is 0 Å². The van der Waals surface area contributed by atoms with E-state index in [-0.39, 0.29) is 24.4 Å². The minimum absolute atomic E-state index is 0.0270. The number of para-hydroxylation sites is 1. The van der Waals surface area contributed by atoms with Gasteiger partial charge in [0.2, 0.25) is 0 Å². The number of hydrogen-bond donors (Lipinski definition) is 2. The van der Waals surface area contributed by atoms with Crippen LogP contribution in [0.25, 0.3) is 10.9 Å². The molecule has 2 N–H and O–H groups in total. The predicted molar refractivity (Wildman–Crippen MR) is 173 cm³/mol. The summed E-state index contributed by atoms with van der Waals surface area (Å²) in [4.78, 5) is 50.1. The molecule has 4 aromatic rings. The van der Waals surface area contributed by atoms with Gasteiger partial charge < -0.3 is 24.8 Å². The van der Waals surface area contributed by atoms with E-state index in [1.165, 1.54) is 5.56 Å². The summed E-state index contributed by atoms with van der Waals surface area (Å²) in [7, 11) is 0. The molecule has 7 rings (SSSR count). The number of benzene rings is 2. The molecule has 3 aliphatic rings. The van der Waals surface area contributed by atoms with Crippen LogP contribution in [0.15, 0.2) is 73.2 Å². The maximum absolute atomic E-state index is 13.9. The van der Waals surface area contributed by atoms with Gasteiger partial charge in [-0.25, -0.2) is 9.59 Å². The molecule has 0 aliphatic carbocycles. The van der Waals surface area contributed by atoms with Gasteiger partial charge in [0.05, 0.1) is 11.7 Å². The first kappa shape index (κ1) is 29.8. The van der Waals surface area contributed by atoms with E-state index in [9.17, 15) is 14.4 Å². The zero-order chi connectivity index (χ0) is 31.5. The van der Waals surface area contributed by atoms with Crippen molar-refractivity contribution in [2.45, 2.75) is 56.6 Å². The number of rotatable bonds is 6. The first-order chi connectivity index (χ1) is 22.5. The molecule has 2 aromatic carbocycles. The van der Waals surface area contributed by atoms with E-state index in [2.05, 4.69) is 20.5 Å². The number of hydrogen-bond acceptors (Lipinski definition) is 6. The smallest absolute Gasteiger partial charge is 0.410 e. The van der Waals surface area contributed by atoms with E-state index in [0.717, 1.165) is 47.0 Å². The summed E-state index contributed by atoms with van der Waals surface area (Å²) in [6, 6.07) is 17.8. The topological polar surface area (TPSA) is 124 Å². The van der Waals surface area contributed by atoms with Crippen molar-refractivity contribution in [1.82, 2.24) is 29.9 Å². The summed E-state index contributed by atoms with van der Waals surface area (Å²) >= 11 is 0. The number of anilines is 1. The van der Waals surface area contributed by atoms with Gasteiger partial charge in [0.15, 0.2) is 6.10 Å². The highest BCUT2D eigenvalue weighted by atomic mass is 16.6. The summed E-state index contributed by atoms with van der Waals surface area (Å²) in [5.41, 5.74) is 5.04. The highest BCUT2D eigenvalue weighted by molar-refractivity contribution is 5.91. The lowest BCUT2D eigenvalue weighted by molar-refractivity contribution is -0.142. The van der Waals surface area contributed by atoms with E-state index in [1.807, 2.05) is 76.8 Å². The summed E-state index contributed by atoms with van der Waals surface area (Å²) in [6.07, 6.45) is 8.00.